The number of morpholine rings is 1. The highest BCUT2D eigenvalue weighted by Gasteiger charge is 2.15. The first kappa shape index (κ1) is 13.7. The van der Waals surface area contributed by atoms with Crippen LogP contribution in [0, 0.1) is 6.92 Å². The van der Waals surface area contributed by atoms with Gasteiger partial charge in [-0.3, -0.25) is 4.90 Å². The highest BCUT2D eigenvalue weighted by atomic mass is 16.5. The lowest BCUT2D eigenvalue weighted by Gasteiger charge is -2.26. The molecule has 0 N–H and O–H groups in total. The summed E-state index contributed by atoms with van der Waals surface area (Å²) in [4.78, 5) is 2.49. The van der Waals surface area contributed by atoms with Gasteiger partial charge in [0.05, 0.1) is 13.2 Å². The van der Waals surface area contributed by atoms with E-state index in [4.69, 9.17) is 4.74 Å². The number of rotatable bonds is 3. The van der Waals surface area contributed by atoms with Crippen molar-refractivity contribution in [3.05, 3.63) is 35.5 Å². The van der Waals surface area contributed by atoms with Crippen molar-refractivity contribution in [1.29, 1.82) is 0 Å². The average Bonchev–Trinajstić information content (AvgIpc) is 2.78. The minimum atomic E-state index is 0.498. The number of fused-ring (bicyclic) bond motifs is 1. The third-order valence-electron chi connectivity index (χ3n) is 4.13. The Kier molecular flexibility index (Phi) is 3.81. The van der Waals surface area contributed by atoms with Gasteiger partial charge in [0.2, 0.25) is 0 Å². The second-order valence-corrected chi connectivity index (χ2v) is 6.06. The zero-order valence-electron chi connectivity index (χ0n) is 12.7. The lowest BCUT2D eigenvalue weighted by atomic mass is 10.1. The number of aryl methyl sites for hydroxylation is 1. The van der Waals surface area contributed by atoms with Gasteiger partial charge >= 0.3 is 0 Å². The van der Waals surface area contributed by atoms with Gasteiger partial charge in [-0.1, -0.05) is 12.1 Å². The minimum absolute atomic E-state index is 0.498. The molecule has 1 saturated heterocycles. The van der Waals surface area contributed by atoms with Crippen LogP contribution >= 0.6 is 0 Å². The van der Waals surface area contributed by atoms with Gasteiger partial charge in [-0.15, -0.1) is 0 Å². The molecular weight excluding hydrogens is 248 g/mol. The quantitative estimate of drug-likeness (QED) is 0.852. The summed E-state index contributed by atoms with van der Waals surface area (Å²) in [6.07, 6.45) is 2.34. The van der Waals surface area contributed by atoms with E-state index >= 15 is 0 Å². The number of aromatic nitrogens is 1. The third kappa shape index (κ3) is 2.60. The molecule has 0 spiro atoms. The van der Waals surface area contributed by atoms with Crippen molar-refractivity contribution in [1.82, 2.24) is 9.47 Å². The number of ether oxygens (including phenoxy) is 1. The van der Waals surface area contributed by atoms with Gasteiger partial charge in [0.15, 0.2) is 0 Å². The number of hydrogen-bond donors (Lipinski definition) is 0. The smallest absolute Gasteiger partial charge is 0.0594 e. The molecule has 3 nitrogen and oxygen atoms in total. The molecule has 0 saturated carbocycles. The van der Waals surface area contributed by atoms with Crippen LogP contribution in [0.25, 0.3) is 10.9 Å². The zero-order valence-corrected chi connectivity index (χ0v) is 12.7. The summed E-state index contributed by atoms with van der Waals surface area (Å²) < 4.78 is 7.84. The summed E-state index contributed by atoms with van der Waals surface area (Å²) in [6, 6.07) is 7.30. The summed E-state index contributed by atoms with van der Waals surface area (Å²) in [7, 11) is 0. The topological polar surface area (TPSA) is 17.4 Å². The fraction of sp³-hybridized carbons (Fsp3) is 0.529. The van der Waals surface area contributed by atoms with Crippen LogP contribution in [0.5, 0.6) is 0 Å². The van der Waals surface area contributed by atoms with Crippen molar-refractivity contribution in [2.24, 2.45) is 0 Å². The van der Waals surface area contributed by atoms with E-state index in [0.29, 0.717) is 6.04 Å². The Hall–Kier alpha value is -1.32. The summed E-state index contributed by atoms with van der Waals surface area (Å²) in [6.45, 7) is 11.5. The molecule has 108 valence electrons. The number of benzene rings is 1. The molecule has 0 atom stereocenters. The van der Waals surface area contributed by atoms with Crippen LogP contribution in [0.15, 0.2) is 24.4 Å². The number of hydrogen-bond acceptors (Lipinski definition) is 2. The summed E-state index contributed by atoms with van der Waals surface area (Å²) in [5.41, 5.74) is 4.13. The number of nitrogens with zero attached hydrogens (tertiary/aromatic N) is 2. The first-order chi connectivity index (χ1) is 9.65. The molecule has 0 aliphatic carbocycles. The van der Waals surface area contributed by atoms with Crippen LogP contribution < -0.4 is 0 Å². The summed E-state index contributed by atoms with van der Waals surface area (Å²) in [5, 5.41) is 1.40. The molecule has 3 heteroatoms. The van der Waals surface area contributed by atoms with Crippen LogP contribution in [0.4, 0.5) is 0 Å². The Morgan fingerprint density at radius 2 is 1.95 bits per heavy atom. The maximum absolute atomic E-state index is 5.44. The molecule has 2 heterocycles. The molecule has 1 aromatic carbocycles. The van der Waals surface area contributed by atoms with Gasteiger partial charge in [-0.25, -0.2) is 0 Å². The second kappa shape index (κ2) is 5.58. The van der Waals surface area contributed by atoms with E-state index in [0.717, 1.165) is 32.8 Å². The minimum Gasteiger partial charge on any atom is -0.379 e. The van der Waals surface area contributed by atoms with E-state index in [1.807, 2.05) is 0 Å². The first-order valence-electron chi connectivity index (χ1n) is 7.55. The summed E-state index contributed by atoms with van der Waals surface area (Å²) >= 11 is 0. The Balaban J connectivity index is 1.97. The van der Waals surface area contributed by atoms with Crippen LogP contribution in [0.3, 0.4) is 0 Å². The van der Waals surface area contributed by atoms with E-state index in [-0.39, 0.29) is 0 Å². The maximum atomic E-state index is 5.44. The average molecular weight is 272 g/mol. The van der Waals surface area contributed by atoms with Gasteiger partial charge in [0.25, 0.3) is 0 Å². The standard InChI is InChI=1S/C17H24N2O/c1-13(2)19-12-15(11-18-6-8-20-9-7-18)16-5-4-14(3)10-17(16)19/h4-5,10,12-13H,6-9,11H2,1-3H3. The zero-order chi connectivity index (χ0) is 14.1. The Morgan fingerprint density at radius 3 is 2.65 bits per heavy atom. The molecule has 1 aromatic heterocycles. The molecule has 0 bridgehead atoms. The molecule has 0 amide bonds. The normalized spacial score (nSPS) is 17.2. The van der Waals surface area contributed by atoms with E-state index in [1.165, 1.54) is 22.0 Å². The predicted octanol–water partition coefficient (Wildman–Crippen LogP) is 3.36. The highest BCUT2D eigenvalue weighted by Crippen LogP contribution is 2.27. The van der Waals surface area contributed by atoms with Crippen molar-refractivity contribution in [3.8, 4) is 0 Å². The maximum Gasteiger partial charge on any atom is 0.0594 e. The molecule has 2 aromatic rings. The Morgan fingerprint density at radius 1 is 1.20 bits per heavy atom. The monoisotopic (exact) mass is 272 g/mol. The SMILES string of the molecule is Cc1ccc2c(CN3CCOCC3)cn(C(C)C)c2c1. The predicted molar refractivity (Wildman–Crippen MR) is 83.2 cm³/mol. The molecule has 3 rings (SSSR count). The van der Waals surface area contributed by atoms with Crippen molar-refractivity contribution >= 4 is 10.9 Å². The molecule has 20 heavy (non-hydrogen) atoms. The largest absolute Gasteiger partial charge is 0.379 e. The summed E-state index contributed by atoms with van der Waals surface area (Å²) in [5.74, 6) is 0. The molecular formula is C17H24N2O. The fourth-order valence-electron chi connectivity index (χ4n) is 2.99. The molecule has 0 unspecified atom stereocenters. The van der Waals surface area contributed by atoms with Crippen molar-refractivity contribution in [2.45, 2.75) is 33.4 Å². The van der Waals surface area contributed by atoms with Crippen LogP contribution in [-0.2, 0) is 11.3 Å². The van der Waals surface area contributed by atoms with Crippen molar-refractivity contribution in [2.75, 3.05) is 26.3 Å². The Bertz CT molecular complexity index is 594. The lowest BCUT2D eigenvalue weighted by molar-refractivity contribution is 0.0343. The van der Waals surface area contributed by atoms with E-state index < -0.39 is 0 Å². The van der Waals surface area contributed by atoms with Gasteiger partial charge < -0.3 is 9.30 Å². The second-order valence-electron chi connectivity index (χ2n) is 6.06. The lowest BCUT2D eigenvalue weighted by Crippen LogP contribution is -2.35. The van der Waals surface area contributed by atoms with Crippen LogP contribution in [-0.4, -0.2) is 35.8 Å². The van der Waals surface area contributed by atoms with Gasteiger partial charge in [0, 0.05) is 42.8 Å². The van der Waals surface area contributed by atoms with E-state index in [1.54, 1.807) is 0 Å². The van der Waals surface area contributed by atoms with Crippen molar-refractivity contribution < 1.29 is 4.74 Å². The highest BCUT2D eigenvalue weighted by molar-refractivity contribution is 5.84. The first-order valence-corrected chi connectivity index (χ1v) is 7.55. The van der Waals surface area contributed by atoms with Gasteiger partial charge in [-0.2, -0.15) is 0 Å². The molecule has 1 aliphatic heterocycles. The van der Waals surface area contributed by atoms with Crippen LogP contribution in [0.1, 0.15) is 31.0 Å². The van der Waals surface area contributed by atoms with Crippen molar-refractivity contribution in [3.63, 3.8) is 0 Å². The van der Waals surface area contributed by atoms with E-state index in [2.05, 4.69) is 54.6 Å². The van der Waals surface area contributed by atoms with E-state index in [9.17, 15) is 0 Å². The fourth-order valence-corrected chi connectivity index (χ4v) is 2.99. The third-order valence-corrected chi connectivity index (χ3v) is 4.13. The van der Waals surface area contributed by atoms with Gasteiger partial charge in [-0.05, 0) is 38.0 Å². The molecule has 1 fully saturated rings. The molecule has 1 aliphatic rings. The van der Waals surface area contributed by atoms with Gasteiger partial charge in [0.1, 0.15) is 0 Å². The molecule has 0 radical (unpaired) electrons. The van der Waals surface area contributed by atoms with Crippen LogP contribution in [0.2, 0.25) is 0 Å². The Labute approximate surface area is 121 Å².